The van der Waals surface area contributed by atoms with Crippen LogP contribution < -0.4 is 0 Å². The molecule has 18 heavy (non-hydrogen) atoms. The summed E-state index contributed by atoms with van der Waals surface area (Å²) in [6.45, 7) is 10.3. The third-order valence-electron chi connectivity index (χ3n) is 5.52. The van der Waals surface area contributed by atoms with Crippen LogP contribution in [-0.4, -0.2) is 23.9 Å². The fourth-order valence-electron chi connectivity index (χ4n) is 4.00. The Labute approximate surface area is 111 Å². The fourth-order valence-corrected chi connectivity index (χ4v) is 4.00. The van der Waals surface area contributed by atoms with Crippen LogP contribution in [0.5, 0.6) is 0 Å². The standard InChI is InChI=1S/C16H28O2/c1-11(2)5-6-14-15(4,18-14)13-9-12(3)7-8-16(13)10-17-16/h11-14H,5-10H2,1-4H3/t12-,13-,14-,15-,16+/m1/s1. The van der Waals surface area contributed by atoms with Gasteiger partial charge < -0.3 is 9.47 Å². The zero-order chi connectivity index (χ0) is 13.0. The lowest BCUT2D eigenvalue weighted by Crippen LogP contribution is -2.41. The van der Waals surface area contributed by atoms with Gasteiger partial charge in [0.1, 0.15) is 0 Å². The second-order valence-corrected chi connectivity index (χ2v) is 7.55. The summed E-state index contributed by atoms with van der Waals surface area (Å²) in [5, 5.41) is 0. The van der Waals surface area contributed by atoms with Crippen molar-refractivity contribution in [2.45, 2.75) is 77.1 Å². The van der Waals surface area contributed by atoms with E-state index >= 15 is 0 Å². The van der Waals surface area contributed by atoms with Crippen molar-refractivity contribution in [3.63, 3.8) is 0 Å². The zero-order valence-corrected chi connectivity index (χ0v) is 12.4. The van der Waals surface area contributed by atoms with Crippen LogP contribution in [0, 0.1) is 17.8 Å². The molecule has 0 unspecified atom stereocenters. The van der Waals surface area contributed by atoms with Crippen LogP contribution in [0.15, 0.2) is 0 Å². The largest absolute Gasteiger partial charge is 0.369 e. The van der Waals surface area contributed by atoms with Crippen molar-refractivity contribution in [2.24, 2.45) is 17.8 Å². The summed E-state index contributed by atoms with van der Waals surface area (Å²) in [5.41, 5.74) is 0.341. The zero-order valence-electron chi connectivity index (χ0n) is 12.4. The van der Waals surface area contributed by atoms with E-state index in [-0.39, 0.29) is 11.2 Å². The Morgan fingerprint density at radius 1 is 1.33 bits per heavy atom. The summed E-state index contributed by atoms with van der Waals surface area (Å²) in [6.07, 6.45) is 6.91. The summed E-state index contributed by atoms with van der Waals surface area (Å²) in [4.78, 5) is 0. The monoisotopic (exact) mass is 252 g/mol. The molecule has 0 aromatic rings. The topological polar surface area (TPSA) is 25.1 Å². The van der Waals surface area contributed by atoms with Gasteiger partial charge in [-0.2, -0.15) is 0 Å². The van der Waals surface area contributed by atoms with E-state index < -0.39 is 0 Å². The van der Waals surface area contributed by atoms with Crippen molar-refractivity contribution in [3.05, 3.63) is 0 Å². The van der Waals surface area contributed by atoms with E-state index in [4.69, 9.17) is 9.47 Å². The maximum atomic E-state index is 6.14. The van der Waals surface area contributed by atoms with Gasteiger partial charge in [-0.25, -0.2) is 0 Å². The van der Waals surface area contributed by atoms with Gasteiger partial charge in [0.05, 0.1) is 23.9 Å². The minimum Gasteiger partial charge on any atom is -0.369 e. The van der Waals surface area contributed by atoms with Gasteiger partial charge in [0, 0.05) is 5.92 Å². The minimum atomic E-state index is 0.125. The molecule has 2 heteroatoms. The van der Waals surface area contributed by atoms with Gasteiger partial charge >= 0.3 is 0 Å². The number of ether oxygens (including phenoxy) is 2. The molecular formula is C16H28O2. The molecule has 0 aromatic heterocycles. The Hall–Kier alpha value is -0.0800. The molecule has 5 atom stereocenters. The van der Waals surface area contributed by atoms with Crippen molar-refractivity contribution in [2.75, 3.05) is 6.61 Å². The summed E-state index contributed by atoms with van der Waals surface area (Å²) in [6, 6.07) is 0. The molecule has 2 nitrogen and oxygen atoms in total. The Morgan fingerprint density at radius 2 is 2.06 bits per heavy atom. The molecule has 2 heterocycles. The van der Waals surface area contributed by atoms with Gasteiger partial charge in [0.15, 0.2) is 0 Å². The van der Waals surface area contributed by atoms with Crippen LogP contribution in [0.2, 0.25) is 0 Å². The number of rotatable bonds is 4. The lowest BCUT2D eigenvalue weighted by Gasteiger charge is -2.35. The molecule has 1 aliphatic carbocycles. The molecule has 2 aliphatic heterocycles. The Balaban J connectivity index is 1.63. The molecule has 104 valence electrons. The number of epoxide rings is 2. The molecule has 2 saturated heterocycles. The maximum absolute atomic E-state index is 6.14. The molecule has 1 saturated carbocycles. The molecule has 3 rings (SSSR count). The van der Waals surface area contributed by atoms with Crippen LogP contribution in [0.25, 0.3) is 0 Å². The molecule has 3 fully saturated rings. The average Bonchev–Trinajstić information content (AvgIpc) is 3.19. The highest BCUT2D eigenvalue weighted by atomic mass is 16.6. The highest BCUT2D eigenvalue weighted by Gasteiger charge is 2.68. The van der Waals surface area contributed by atoms with Crippen LogP contribution in [0.1, 0.15) is 59.8 Å². The molecule has 0 aromatic carbocycles. The number of hydrogen-bond acceptors (Lipinski definition) is 2. The summed E-state index contributed by atoms with van der Waals surface area (Å²) < 4.78 is 12.0. The molecule has 0 N–H and O–H groups in total. The van der Waals surface area contributed by atoms with Gasteiger partial charge in [0.2, 0.25) is 0 Å². The van der Waals surface area contributed by atoms with E-state index in [1.54, 1.807) is 0 Å². The summed E-state index contributed by atoms with van der Waals surface area (Å²) >= 11 is 0. The van der Waals surface area contributed by atoms with E-state index in [1.807, 2.05) is 0 Å². The second-order valence-electron chi connectivity index (χ2n) is 7.55. The Morgan fingerprint density at radius 3 is 2.67 bits per heavy atom. The average molecular weight is 252 g/mol. The van der Waals surface area contributed by atoms with Crippen LogP contribution >= 0.6 is 0 Å². The summed E-state index contributed by atoms with van der Waals surface area (Å²) in [5.74, 6) is 2.28. The Bertz CT molecular complexity index is 321. The first-order valence-electron chi connectivity index (χ1n) is 7.78. The van der Waals surface area contributed by atoms with E-state index in [1.165, 1.54) is 32.1 Å². The van der Waals surface area contributed by atoms with Gasteiger partial charge in [0.25, 0.3) is 0 Å². The van der Waals surface area contributed by atoms with E-state index in [0.717, 1.165) is 18.4 Å². The number of hydrogen-bond donors (Lipinski definition) is 0. The highest BCUT2D eigenvalue weighted by molar-refractivity contribution is 5.15. The van der Waals surface area contributed by atoms with Crippen LogP contribution in [-0.2, 0) is 9.47 Å². The highest BCUT2D eigenvalue weighted by Crippen LogP contribution is 2.59. The maximum Gasteiger partial charge on any atom is 0.0976 e. The molecular weight excluding hydrogens is 224 g/mol. The molecule has 0 radical (unpaired) electrons. The first-order valence-corrected chi connectivity index (χ1v) is 7.78. The van der Waals surface area contributed by atoms with Gasteiger partial charge in [-0.1, -0.05) is 20.8 Å². The molecule has 0 amide bonds. The lowest BCUT2D eigenvalue weighted by molar-refractivity contribution is 0.0673. The van der Waals surface area contributed by atoms with Crippen molar-refractivity contribution in [1.29, 1.82) is 0 Å². The third kappa shape index (κ3) is 2.12. The smallest absolute Gasteiger partial charge is 0.0976 e. The first kappa shape index (κ1) is 12.9. The molecule has 0 bridgehead atoms. The van der Waals surface area contributed by atoms with Crippen LogP contribution in [0.3, 0.4) is 0 Å². The van der Waals surface area contributed by atoms with Crippen molar-refractivity contribution in [1.82, 2.24) is 0 Å². The predicted octanol–water partition coefficient (Wildman–Crippen LogP) is 3.79. The van der Waals surface area contributed by atoms with E-state index in [9.17, 15) is 0 Å². The SMILES string of the molecule is CC(C)CC[C@H]1O[C@]1(C)[C@H]1C[C@H](C)CC[C@]12CO2. The Kier molecular flexibility index (Phi) is 3.02. The van der Waals surface area contributed by atoms with Crippen molar-refractivity contribution < 1.29 is 9.47 Å². The normalized spacial score (nSPS) is 50.8. The predicted molar refractivity (Wildman–Crippen MR) is 72.5 cm³/mol. The fraction of sp³-hybridized carbons (Fsp3) is 1.00. The van der Waals surface area contributed by atoms with E-state index in [2.05, 4.69) is 27.7 Å². The molecule has 1 spiro atoms. The van der Waals surface area contributed by atoms with Crippen molar-refractivity contribution >= 4 is 0 Å². The summed E-state index contributed by atoms with van der Waals surface area (Å²) in [7, 11) is 0. The van der Waals surface area contributed by atoms with Gasteiger partial charge in [-0.15, -0.1) is 0 Å². The first-order chi connectivity index (χ1) is 8.46. The van der Waals surface area contributed by atoms with Crippen molar-refractivity contribution in [3.8, 4) is 0 Å². The van der Waals surface area contributed by atoms with Crippen LogP contribution in [0.4, 0.5) is 0 Å². The third-order valence-corrected chi connectivity index (χ3v) is 5.52. The minimum absolute atomic E-state index is 0.125. The van der Waals surface area contributed by atoms with Gasteiger partial charge in [-0.05, 0) is 50.9 Å². The quantitative estimate of drug-likeness (QED) is 0.711. The van der Waals surface area contributed by atoms with Gasteiger partial charge in [-0.3, -0.25) is 0 Å². The second kappa shape index (κ2) is 4.21. The molecule has 3 aliphatic rings. The lowest BCUT2D eigenvalue weighted by atomic mass is 9.68. The van der Waals surface area contributed by atoms with E-state index in [0.29, 0.717) is 12.0 Å².